The zero-order chi connectivity index (χ0) is 16.1. The van der Waals surface area contributed by atoms with Gasteiger partial charge in [0.15, 0.2) is 0 Å². The predicted octanol–water partition coefficient (Wildman–Crippen LogP) is 2.92. The molecule has 1 atom stereocenters. The van der Waals surface area contributed by atoms with E-state index in [2.05, 4.69) is 5.32 Å². The van der Waals surface area contributed by atoms with Gasteiger partial charge in [-0.2, -0.15) is 0 Å². The van der Waals surface area contributed by atoms with Crippen molar-refractivity contribution in [3.05, 3.63) is 60.6 Å². The second-order valence-electron chi connectivity index (χ2n) is 5.39. The Morgan fingerprint density at radius 3 is 2.74 bits per heavy atom. The zero-order valence-corrected chi connectivity index (χ0v) is 12.6. The van der Waals surface area contributed by atoms with E-state index in [4.69, 9.17) is 4.42 Å². The molecule has 2 aromatic rings. The molecule has 3 rings (SSSR count). The highest BCUT2D eigenvalue weighted by atomic mass is 16.3. The van der Waals surface area contributed by atoms with Gasteiger partial charge in [0.05, 0.1) is 6.26 Å². The van der Waals surface area contributed by atoms with Gasteiger partial charge in [-0.3, -0.25) is 9.59 Å². The summed E-state index contributed by atoms with van der Waals surface area (Å²) in [5.41, 5.74) is 0.739. The van der Waals surface area contributed by atoms with Crippen molar-refractivity contribution in [3.63, 3.8) is 0 Å². The highest BCUT2D eigenvalue weighted by Crippen LogP contribution is 2.20. The van der Waals surface area contributed by atoms with E-state index in [1.165, 1.54) is 6.08 Å². The first-order valence-corrected chi connectivity index (χ1v) is 7.62. The van der Waals surface area contributed by atoms with Crippen molar-refractivity contribution in [2.75, 3.05) is 11.9 Å². The number of hydrogen-bond acceptors (Lipinski definition) is 3. The van der Waals surface area contributed by atoms with Crippen LogP contribution in [0.15, 0.2) is 59.2 Å². The Morgan fingerprint density at radius 1 is 1.17 bits per heavy atom. The van der Waals surface area contributed by atoms with Crippen LogP contribution < -0.4 is 5.32 Å². The summed E-state index contributed by atoms with van der Waals surface area (Å²) in [6.45, 7) is 0.591. The summed E-state index contributed by atoms with van der Waals surface area (Å²) in [4.78, 5) is 26.3. The maximum Gasteiger partial charge on any atom is 0.247 e. The Balaban J connectivity index is 1.65. The first-order valence-electron chi connectivity index (χ1n) is 7.62. The minimum atomic E-state index is -0.427. The number of carbonyl (C=O) groups is 2. The van der Waals surface area contributed by atoms with Crippen LogP contribution in [0, 0.1) is 0 Å². The third-order valence-electron chi connectivity index (χ3n) is 3.81. The summed E-state index contributed by atoms with van der Waals surface area (Å²) in [5.74, 6) is 0.295. The standard InChI is InChI=1S/C18H18N2O3/c21-17(11-10-15-8-5-13-23-15)20-12-4-9-16(20)18(22)19-14-6-2-1-3-7-14/h1-3,5-8,10-11,13,16H,4,9,12H2,(H,19,22)/b11-10+. The van der Waals surface area contributed by atoms with Gasteiger partial charge in [0.25, 0.3) is 0 Å². The molecule has 5 heteroatoms. The lowest BCUT2D eigenvalue weighted by Crippen LogP contribution is -2.42. The number of carbonyl (C=O) groups excluding carboxylic acids is 2. The topological polar surface area (TPSA) is 62.6 Å². The second kappa shape index (κ2) is 6.96. The van der Waals surface area contributed by atoms with E-state index in [-0.39, 0.29) is 11.8 Å². The molecule has 1 fully saturated rings. The Labute approximate surface area is 134 Å². The maximum atomic E-state index is 12.4. The fourth-order valence-corrected chi connectivity index (χ4v) is 2.69. The second-order valence-corrected chi connectivity index (χ2v) is 5.39. The molecule has 5 nitrogen and oxygen atoms in total. The van der Waals surface area contributed by atoms with Crippen molar-refractivity contribution in [2.45, 2.75) is 18.9 Å². The number of benzene rings is 1. The van der Waals surface area contributed by atoms with Crippen LogP contribution in [0.3, 0.4) is 0 Å². The Hall–Kier alpha value is -2.82. The number of likely N-dealkylation sites (tertiary alicyclic amines) is 1. The van der Waals surface area contributed by atoms with Crippen LogP contribution in [0.25, 0.3) is 6.08 Å². The smallest absolute Gasteiger partial charge is 0.247 e. The van der Waals surface area contributed by atoms with Crippen molar-refractivity contribution in [3.8, 4) is 0 Å². The highest BCUT2D eigenvalue weighted by Gasteiger charge is 2.33. The molecule has 1 aliphatic rings. The fraction of sp³-hybridized carbons (Fsp3) is 0.222. The molecule has 0 aliphatic carbocycles. The van der Waals surface area contributed by atoms with Crippen molar-refractivity contribution in [2.24, 2.45) is 0 Å². The first kappa shape index (κ1) is 15.1. The molecular weight excluding hydrogens is 292 g/mol. The van der Waals surface area contributed by atoms with E-state index in [0.29, 0.717) is 18.7 Å². The van der Waals surface area contributed by atoms with Crippen LogP contribution in [0.2, 0.25) is 0 Å². The van der Waals surface area contributed by atoms with Gasteiger partial charge in [-0.1, -0.05) is 18.2 Å². The lowest BCUT2D eigenvalue weighted by Gasteiger charge is -2.22. The number of rotatable bonds is 4. The Morgan fingerprint density at radius 2 is 2.00 bits per heavy atom. The number of hydrogen-bond donors (Lipinski definition) is 1. The fourth-order valence-electron chi connectivity index (χ4n) is 2.69. The van der Waals surface area contributed by atoms with Crippen LogP contribution in [0.4, 0.5) is 5.69 Å². The molecule has 1 aliphatic heterocycles. The van der Waals surface area contributed by atoms with Crippen LogP contribution in [0.5, 0.6) is 0 Å². The number of para-hydroxylation sites is 1. The first-order chi connectivity index (χ1) is 11.2. The molecule has 1 unspecified atom stereocenters. The number of nitrogens with zero attached hydrogens (tertiary/aromatic N) is 1. The third kappa shape index (κ3) is 3.69. The van der Waals surface area contributed by atoms with E-state index >= 15 is 0 Å². The predicted molar refractivity (Wildman–Crippen MR) is 87.5 cm³/mol. The zero-order valence-electron chi connectivity index (χ0n) is 12.6. The monoisotopic (exact) mass is 310 g/mol. The van der Waals surface area contributed by atoms with Gasteiger partial charge >= 0.3 is 0 Å². The molecule has 2 heterocycles. The normalized spacial score (nSPS) is 17.6. The summed E-state index contributed by atoms with van der Waals surface area (Å²) in [6.07, 6.45) is 6.13. The SMILES string of the molecule is O=C(Nc1ccccc1)C1CCCN1C(=O)/C=C/c1ccco1. The summed E-state index contributed by atoms with van der Waals surface area (Å²) in [7, 11) is 0. The van der Waals surface area contributed by atoms with E-state index in [9.17, 15) is 9.59 Å². The number of furan rings is 1. The Bertz CT molecular complexity index is 692. The quantitative estimate of drug-likeness (QED) is 0.883. The average molecular weight is 310 g/mol. The Kier molecular flexibility index (Phi) is 4.57. The van der Waals surface area contributed by atoms with Gasteiger partial charge in [0, 0.05) is 18.3 Å². The molecule has 1 aromatic carbocycles. The van der Waals surface area contributed by atoms with Crippen molar-refractivity contribution >= 4 is 23.6 Å². The number of amides is 2. The van der Waals surface area contributed by atoms with Crippen LogP contribution in [-0.2, 0) is 9.59 Å². The molecule has 1 saturated heterocycles. The molecule has 0 spiro atoms. The molecule has 2 amide bonds. The summed E-state index contributed by atoms with van der Waals surface area (Å²) < 4.78 is 5.16. The van der Waals surface area contributed by atoms with Crippen molar-refractivity contribution in [1.82, 2.24) is 4.90 Å². The van der Waals surface area contributed by atoms with E-state index < -0.39 is 6.04 Å². The minimum absolute atomic E-state index is 0.145. The van der Waals surface area contributed by atoms with Gasteiger partial charge in [0.1, 0.15) is 11.8 Å². The summed E-state index contributed by atoms with van der Waals surface area (Å²) >= 11 is 0. The number of nitrogens with one attached hydrogen (secondary N) is 1. The van der Waals surface area contributed by atoms with Gasteiger partial charge < -0.3 is 14.6 Å². The van der Waals surface area contributed by atoms with Gasteiger partial charge in [-0.05, 0) is 43.2 Å². The lowest BCUT2D eigenvalue weighted by atomic mass is 10.2. The number of anilines is 1. The van der Waals surface area contributed by atoms with Crippen molar-refractivity contribution in [1.29, 1.82) is 0 Å². The maximum absolute atomic E-state index is 12.4. The minimum Gasteiger partial charge on any atom is -0.465 e. The molecule has 118 valence electrons. The van der Waals surface area contributed by atoms with Gasteiger partial charge in [-0.25, -0.2) is 0 Å². The van der Waals surface area contributed by atoms with Crippen LogP contribution in [0.1, 0.15) is 18.6 Å². The van der Waals surface area contributed by atoms with Crippen LogP contribution in [-0.4, -0.2) is 29.3 Å². The van der Waals surface area contributed by atoms with Gasteiger partial charge in [0.2, 0.25) is 11.8 Å². The summed E-state index contributed by atoms with van der Waals surface area (Å²) in [6, 6.07) is 12.4. The largest absolute Gasteiger partial charge is 0.465 e. The molecule has 1 aromatic heterocycles. The summed E-state index contributed by atoms with van der Waals surface area (Å²) in [5, 5.41) is 2.86. The molecule has 0 radical (unpaired) electrons. The molecule has 0 saturated carbocycles. The van der Waals surface area contributed by atoms with Gasteiger partial charge in [-0.15, -0.1) is 0 Å². The van der Waals surface area contributed by atoms with Crippen LogP contribution >= 0.6 is 0 Å². The van der Waals surface area contributed by atoms with Crippen molar-refractivity contribution < 1.29 is 14.0 Å². The van der Waals surface area contributed by atoms with E-state index in [0.717, 1.165) is 12.1 Å². The molecule has 23 heavy (non-hydrogen) atoms. The molecule has 0 bridgehead atoms. The molecule has 1 N–H and O–H groups in total. The van der Waals surface area contributed by atoms with E-state index in [1.54, 1.807) is 29.4 Å². The lowest BCUT2D eigenvalue weighted by molar-refractivity contribution is -0.132. The molecular formula is C18H18N2O3. The van der Waals surface area contributed by atoms with E-state index in [1.807, 2.05) is 30.3 Å². The highest BCUT2D eigenvalue weighted by molar-refractivity contribution is 6.00. The average Bonchev–Trinajstić information content (AvgIpc) is 3.25. The third-order valence-corrected chi connectivity index (χ3v) is 3.81.